The van der Waals surface area contributed by atoms with Crippen molar-refractivity contribution >= 4 is 35.1 Å². The molecule has 0 amide bonds. The average Bonchev–Trinajstić information content (AvgIpc) is 2.61. The molecule has 1 fully saturated rings. The fourth-order valence-corrected chi connectivity index (χ4v) is 3.96. The number of carbonyl (C=O) groups excluding carboxylic acids is 2. The third kappa shape index (κ3) is 2.87. The first kappa shape index (κ1) is 17.4. The van der Waals surface area contributed by atoms with E-state index in [4.69, 9.17) is 32.7 Å². The summed E-state index contributed by atoms with van der Waals surface area (Å²) in [5.74, 6) is -1.36. The topological polar surface area (TPSA) is 52.6 Å². The van der Waals surface area contributed by atoms with Gasteiger partial charge in [-0.15, -0.1) is 0 Å². The van der Waals surface area contributed by atoms with Gasteiger partial charge in [0.25, 0.3) is 0 Å². The molecule has 1 unspecified atom stereocenters. The minimum Gasteiger partial charge on any atom is -0.460 e. The molecule has 0 aromatic heterocycles. The van der Waals surface area contributed by atoms with Gasteiger partial charge in [-0.3, -0.25) is 4.79 Å². The van der Waals surface area contributed by atoms with Crippen LogP contribution < -0.4 is 0 Å². The smallest absolute Gasteiger partial charge is 0.339 e. The lowest BCUT2D eigenvalue weighted by molar-refractivity contribution is -0.161. The molecule has 1 aliphatic carbocycles. The molecule has 1 saturated carbocycles. The minimum absolute atomic E-state index is 0.0818. The second-order valence-corrected chi connectivity index (χ2v) is 7.50. The Hall–Kier alpha value is -2.04. The van der Waals surface area contributed by atoms with E-state index in [0.717, 1.165) is 12.0 Å². The zero-order chi connectivity index (χ0) is 18.3. The molecule has 2 aliphatic rings. The van der Waals surface area contributed by atoms with Gasteiger partial charge >= 0.3 is 11.9 Å². The highest BCUT2D eigenvalue weighted by Gasteiger charge is 2.56. The molecule has 1 heterocycles. The predicted molar refractivity (Wildman–Crippen MR) is 97.4 cm³/mol. The van der Waals surface area contributed by atoms with Gasteiger partial charge < -0.3 is 9.47 Å². The van der Waals surface area contributed by atoms with E-state index in [0.29, 0.717) is 34.0 Å². The van der Waals surface area contributed by atoms with Gasteiger partial charge in [0.2, 0.25) is 0 Å². The molecule has 0 saturated heterocycles. The Bertz CT molecular complexity index is 889. The Morgan fingerprint density at radius 1 is 1.15 bits per heavy atom. The maximum atomic E-state index is 12.9. The first-order valence-corrected chi connectivity index (χ1v) is 9.19. The van der Waals surface area contributed by atoms with Crippen LogP contribution in [-0.4, -0.2) is 17.5 Å². The van der Waals surface area contributed by atoms with E-state index in [1.165, 1.54) is 0 Å². The number of fused-ring (bicyclic) bond motifs is 1. The summed E-state index contributed by atoms with van der Waals surface area (Å²) in [6.45, 7) is 0.0818. The van der Waals surface area contributed by atoms with Gasteiger partial charge in [-0.1, -0.05) is 47.5 Å². The van der Waals surface area contributed by atoms with E-state index in [2.05, 4.69) is 0 Å². The van der Waals surface area contributed by atoms with Gasteiger partial charge in [0.1, 0.15) is 18.1 Å². The lowest BCUT2D eigenvalue weighted by Crippen LogP contribution is -2.53. The summed E-state index contributed by atoms with van der Waals surface area (Å²) >= 11 is 11.9. The summed E-state index contributed by atoms with van der Waals surface area (Å²) in [7, 11) is 0. The molecule has 1 atom stereocenters. The third-order valence-electron chi connectivity index (χ3n) is 5.11. The third-order valence-corrected chi connectivity index (χ3v) is 5.85. The van der Waals surface area contributed by atoms with Crippen LogP contribution >= 0.6 is 23.2 Å². The van der Waals surface area contributed by atoms with Crippen molar-refractivity contribution in [2.45, 2.75) is 37.4 Å². The quantitative estimate of drug-likeness (QED) is 0.698. The van der Waals surface area contributed by atoms with Gasteiger partial charge in [0.05, 0.1) is 15.6 Å². The molecular formula is C20H16Cl2O4. The van der Waals surface area contributed by atoms with Crippen molar-refractivity contribution in [1.82, 2.24) is 0 Å². The van der Waals surface area contributed by atoms with Crippen LogP contribution in [0.3, 0.4) is 0 Å². The second kappa shape index (κ2) is 6.60. The van der Waals surface area contributed by atoms with Gasteiger partial charge in [0.15, 0.2) is 0 Å². The average molecular weight is 391 g/mol. The van der Waals surface area contributed by atoms with E-state index in [1.54, 1.807) is 36.4 Å². The van der Waals surface area contributed by atoms with E-state index in [1.807, 2.05) is 6.07 Å². The van der Waals surface area contributed by atoms with Crippen LogP contribution in [0.15, 0.2) is 42.5 Å². The van der Waals surface area contributed by atoms with E-state index in [-0.39, 0.29) is 12.6 Å². The van der Waals surface area contributed by atoms with Gasteiger partial charge in [-0.25, -0.2) is 4.79 Å². The molecule has 4 nitrogen and oxygen atoms in total. The van der Waals surface area contributed by atoms with E-state index < -0.39 is 17.5 Å². The molecule has 0 bridgehead atoms. The Kier molecular flexibility index (Phi) is 4.41. The van der Waals surface area contributed by atoms with Crippen molar-refractivity contribution in [3.8, 4) is 0 Å². The monoisotopic (exact) mass is 390 g/mol. The van der Waals surface area contributed by atoms with Crippen LogP contribution in [0.1, 0.15) is 46.7 Å². The first-order valence-electron chi connectivity index (χ1n) is 8.43. The van der Waals surface area contributed by atoms with E-state index in [9.17, 15) is 9.59 Å². The number of ether oxygens (including phenoxy) is 2. The van der Waals surface area contributed by atoms with Crippen LogP contribution in [0.4, 0.5) is 0 Å². The van der Waals surface area contributed by atoms with Crippen molar-refractivity contribution in [2.24, 2.45) is 0 Å². The molecule has 2 aromatic carbocycles. The fourth-order valence-electron chi connectivity index (χ4n) is 3.64. The molecule has 0 radical (unpaired) electrons. The van der Waals surface area contributed by atoms with Gasteiger partial charge in [0, 0.05) is 0 Å². The number of rotatable bonds is 3. The van der Waals surface area contributed by atoms with Crippen molar-refractivity contribution < 1.29 is 19.1 Å². The molecule has 1 aliphatic heterocycles. The van der Waals surface area contributed by atoms with Crippen LogP contribution in [0.25, 0.3) is 0 Å². The number of carbonyl (C=O) groups is 2. The second-order valence-electron chi connectivity index (χ2n) is 6.68. The Morgan fingerprint density at radius 3 is 2.62 bits per heavy atom. The van der Waals surface area contributed by atoms with E-state index >= 15 is 0 Å². The van der Waals surface area contributed by atoms with Crippen molar-refractivity contribution in [1.29, 1.82) is 0 Å². The maximum absolute atomic E-state index is 12.9. The summed E-state index contributed by atoms with van der Waals surface area (Å²) in [6, 6.07) is 12.2. The largest absolute Gasteiger partial charge is 0.460 e. The van der Waals surface area contributed by atoms with Crippen LogP contribution in [0, 0.1) is 0 Å². The maximum Gasteiger partial charge on any atom is 0.339 e. The van der Waals surface area contributed by atoms with Gasteiger partial charge in [-0.2, -0.15) is 0 Å². The van der Waals surface area contributed by atoms with Crippen molar-refractivity contribution in [3.63, 3.8) is 0 Å². The summed E-state index contributed by atoms with van der Waals surface area (Å²) in [6.07, 6.45) is 2.26. The van der Waals surface area contributed by atoms with Crippen LogP contribution in [-0.2, 0) is 20.9 Å². The highest BCUT2D eigenvalue weighted by atomic mass is 35.5. The molecule has 2 aromatic rings. The fraction of sp³-hybridized carbons (Fsp3) is 0.300. The molecule has 6 heteroatoms. The predicted octanol–water partition coefficient (Wildman–Crippen LogP) is 4.91. The molecule has 1 spiro atoms. The number of hydrogen-bond acceptors (Lipinski definition) is 4. The zero-order valence-electron chi connectivity index (χ0n) is 13.8. The lowest BCUT2D eigenvalue weighted by atomic mass is 9.66. The molecule has 134 valence electrons. The summed E-state index contributed by atoms with van der Waals surface area (Å²) in [4.78, 5) is 25.2. The highest BCUT2D eigenvalue weighted by molar-refractivity contribution is 6.42. The number of esters is 2. The number of benzene rings is 2. The standard InChI is InChI=1S/C20H16Cl2O4/c21-15-7-6-12(10-16(15)22)11-25-19(24)17-13-4-1-2-5-14(13)18(23)26-20(17)8-3-9-20/h1-2,4-7,10,17H,3,8-9,11H2. The van der Waals surface area contributed by atoms with Gasteiger partial charge in [-0.05, 0) is 48.6 Å². The number of halogens is 2. The molecule has 4 rings (SSSR count). The Balaban J connectivity index is 1.60. The minimum atomic E-state index is -0.778. The summed E-state index contributed by atoms with van der Waals surface area (Å²) in [5, 5.41) is 0.857. The molecule has 0 N–H and O–H groups in total. The number of hydrogen-bond donors (Lipinski definition) is 0. The SMILES string of the molecule is O=C1OC2(CCC2)C(C(=O)OCc2ccc(Cl)c(Cl)c2)c2ccccc21. The Morgan fingerprint density at radius 2 is 1.92 bits per heavy atom. The van der Waals surface area contributed by atoms with Crippen molar-refractivity contribution in [3.05, 3.63) is 69.2 Å². The van der Waals surface area contributed by atoms with Crippen LogP contribution in [0.5, 0.6) is 0 Å². The normalized spacial score (nSPS) is 20.1. The summed E-state index contributed by atoms with van der Waals surface area (Å²) in [5.41, 5.74) is 1.08. The lowest BCUT2D eigenvalue weighted by Gasteiger charge is -2.48. The highest BCUT2D eigenvalue weighted by Crippen LogP contribution is 2.51. The molecular weight excluding hydrogens is 375 g/mol. The van der Waals surface area contributed by atoms with Crippen molar-refractivity contribution in [2.75, 3.05) is 0 Å². The van der Waals surface area contributed by atoms with Crippen LogP contribution in [0.2, 0.25) is 10.0 Å². The first-order chi connectivity index (χ1) is 12.5. The zero-order valence-corrected chi connectivity index (χ0v) is 15.3. The summed E-state index contributed by atoms with van der Waals surface area (Å²) < 4.78 is 11.2. The molecule has 26 heavy (non-hydrogen) atoms. The Labute approximate surface area is 161 Å².